The third-order valence-corrected chi connectivity index (χ3v) is 3.75. The third-order valence-electron chi connectivity index (χ3n) is 3.75. The maximum absolute atomic E-state index is 9.21. The summed E-state index contributed by atoms with van der Waals surface area (Å²) in [6.45, 7) is 1.82. The van der Waals surface area contributed by atoms with E-state index in [1.54, 1.807) is 0 Å². The molecule has 0 fully saturated rings. The van der Waals surface area contributed by atoms with Crippen LogP contribution in [0.25, 0.3) is 22.3 Å². The number of nitrogens with zero attached hydrogens (tertiary/aromatic N) is 1. The zero-order chi connectivity index (χ0) is 15.4. The average molecular weight is 287 g/mol. The Kier molecular flexibility index (Phi) is 4.01. The third kappa shape index (κ3) is 2.63. The molecule has 0 aromatic heterocycles. The lowest BCUT2D eigenvalue weighted by Crippen LogP contribution is -2.00. The maximum Gasteiger partial charge on any atom is 0.0843 e. The summed E-state index contributed by atoms with van der Waals surface area (Å²) in [4.78, 5) is 0. The molecule has 22 heavy (non-hydrogen) atoms. The SMILES string of the molecule is CC(=NO)c1cccc(-c2ccccc2)c1-c1ccccc1. The van der Waals surface area contributed by atoms with Gasteiger partial charge in [-0.05, 0) is 29.2 Å². The van der Waals surface area contributed by atoms with Gasteiger partial charge < -0.3 is 5.21 Å². The largest absolute Gasteiger partial charge is 0.411 e. The summed E-state index contributed by atoms with van der Waals surface area (Å²) >= 11 is 0. The zero-order valence-corrected chi connectivity index (χ0v) is 12.4. The molecule has 0 aliphatic heterocycles. The summed E-state index contributed by atoms with van der Waals surface area (Å²) in [5, 5.41) is 12.6. The van der Waals surface area contributed by atoms with E-state index in [0.29, 0.717) is 5.71 Å². The van der Waals surface area contributed by atoms with Crippen molar-refractivity contribution in [2.45, 2.75) is 6.92 Å². The van der Waals surface area contributed by atoms with E-state index in [0.717, 1.165) is 27.8 Å². The smallest absolute Gasteiger partial charge is 0.0843 e. The minimum atomic E-state index is 0.608. The minimum absolute atomic E-state index is 0.608. The topological polar surface area (TPSA) is 32.6 Å². The monoisotopic (exact) mass is 287 g/mol. The highest BCUT2D eigenvalue weighted by molar-refractivity contribution is 6.07. The lowest BCUT2D eigenvalue weighted by atomic mass is 9.89. The average Bonchev–Trinajstić information content (AvgIpc) is 2.62. The normalized spacial score (nSPS) is 11.4. The number of oxime groups is 1. The summed E-state index contributed by atoms with van der Waals surface area (Å²) in [5.74, 6) is 0. The second-order valence-corrected chi connectivity index (χ2v) is 5.15. The van der Waals surface area contributed by atoms with E-state index in [2.05, 4.69) is 35.5 Å². The van der Waals surface area contributed by atoms with Crippen LogP contribution in [-0.2, 0) is 0 Å². The van der Waals surface area contributed by atoms with Gasteiger partial charge in [0, 0.05) is 5.56 Å². The lowest BCUT2D eigenvalue weighted by molar-refractivity contribution is 0.319. The van der Waals surface area contributed by atoms with Gasteiger partial charge in [-0.15, -0.1) is 0 Å². The van der Waals surface area contributed by atoms with Crippen molar-refractivity contribution in [3.63, 3.8) is 0 Å². The first-order chi connectivity index (χ1) is 10.8. The second-order valence-electron chi connectivity index (χ2n) is 5.15. The first kappa shape index (κ1) is 14.1. The molecule has 0 unspecified atom stereocenters. The Morgan fingerprint density at radius 3 is 1.91 bits per heavy atom. The van der Waals surface area contributed by atoms with Gasteiger partial charge in [-0.3, -0.25) is 0 Å². The molecule has 0 atom stereocenters. The molecule has 2 nitrogen and oxygen atoms in total. The van der Waals surface area contributed by atoms with Crippen molar-refractivity contribution in [2.24, 2.45) is 5.16 Å². The van der Waals surface area contributed by atoms with E-state index in [4.69, 9.17) is 0 Å². The predicted octanol–water partition coefficient (Wildman–Crippen LogP) is 5.22. The van der Waals surface area contributed by atoms with Crippen molar-refractivity contribution in [1.82, 2.24) is 0 Å². The van der Waals surface area contributed by atoms with Crippen molar-refractivity contribution in [2.75, 3.05) is 0 Å². The first-order valence-corrected chi connectivity index (χ1v) is 7.24. The quantitative estimate of drug-likeness (QED) is 0.400. The van der Waals surface area contributed by atoms with E-state index in [9.17, 15) is 5.21 Å². The van der Waals surface area contributed by atoms with Crippen LogP contribution in [0.3, 0.4) is 0 Å². The van der Waals surface area contributed by atoms with Gasteiger partial charge in [-0.1, -0.05) is 84.0 Å². The summed E-state index contributed by atoms with van der Waals surface area (Å²) in [7, 11) is 0. The molecular formula is C20H17NO. The van der Waals surface area contributed by atoms with Crippen molar-refractivity contribution >= 4 is 5.71 Å². The van der Waals surface area contributed by atoms with E-state index >= 15 is 0 Å². The van der Waals surface area contributed by atoms with Gasteiger partial charge >= 0.3 is 0 Å². The Balaban J connectivity index is 2.32. The number of hydrogen-bond acceptors (Lipinski definition) is 2. The minimum Gasteiger partial charge on any atom is -0.411 e. The van der Waals surface area contributed by atoms with Crippen molar-refractivity contribution < 1.29 is 5.21 Å². The van der Waals surface area contributed by atoms with Crippen LogP contribution in [0.5, 0.6) is 0 Å². The van der Waals surface area contributed by atoms with E-state index < -0.39 is 0 Å². The highest BCUT2D eigenvalue weighted by atomic mass is 16.4. The second kappa shape index (κ2) is 6.27. The molecule has 0 amide bonds. The van der Waals surface area contributed by atoms with Crippen LogP contribution in [-0.4, -0.2) is 10.9 Å². The highest BCUT2D eigenvalue weighted by Crippen LogP contribution is 2.35. The van der Waals surface area contributed by atoms with Crippen LogP contribution in [0, 0.1) is 0 Å². The summed E-state index contributed by atoms with van der Waals surface area (Å²) < 4.78 is 0. The molecule has 0 saturated carbocycles. The highest BCUT2D eigenvalue weighted by Gasteiger charge is 2.14. The fourth-order valence-electron chi connectivity index (χ4n) is 2.68. The number of benzene rings is 3. The Morgan fingerprint density at radius 1 is 0.727 bits per heavy atom. The molecule has 2 heteroatoms. The fourth-order valence-corrected chi connectivity index (χ4v) is 2.68. The van der Waals surface area contributed by atoms with Gasteiger partial charge in [0.2, 0.25) is 0 Å². The zero-order valence-electron chi connectivity index (χ0n) is 12.4. The van der Waals surface area contributed by atoms with Crippen LogP contribution in [0.4, 0.5) is 0 Å². The molecule has 0 bridgehead atoms. The molecule has 0 saturated heterocycles. The Labute approximate surface area is 130 Å². The van der Waals surface area contributed by atoms with Gasteiger partial charge in [0.15, 0.2) is 0 Å². The van der Waals surface area contributed by atoms with Gasteiger partial charge in [-0.25, -0.2) is 0 Å². The standard InChI is InChI=1S/C20H17NO/c1-15(21-22)18-13-8-14-19(16-9-4-2-5-10-16)20(18)17-11-6-3-7-12-17/h2-14,22H,1H3. The Bertz CT molecular complexity index is 792. The van der Waals surface area contributed by atoms with Crippen LogP contribution >= 0.6 is 0 Å². The summed E-state index contributed by atoms with van der Waals surface area (Å²) in [5.41, 5.74) is 6.03. The van der Waals surface area contributed by atoms with Crippen LogP contribution < -0.4 is 0 Å². The predicted molar refractivity (Wildman–Crippen MR) is 91.3 cm³/mol. The van der Waals surface area contributed by atoms with Gasteiger partial charge in [0.1, 0.15) is 0 Å². The molecule has 3 aromatic carbocycles. The van der Waals surface area contributed by atoms with Crippen LogP contribution in [0.1, 0.15) is 12.5 Å². The Morgan fingerprint density at radius 2 is 1.32 bits per heavy atom. The van der Waals surface area contributed by atoms with Crippen molar-refractivity contribution in [3.8, 4) is 22.3 Å². The van der Waals surface area contributed by atoms with Crippen molar-refractivity contribution in [3.05, 3.63) is 84.4 Å². The van der Waals surface area contributed by atoms with E-state index in [1.807, 2.05) is 55.5 Å². The molecular weight excluding hydrogens is 270 g/mol. The molecule has 0 aliphatic carbocycles. The maximum atomic E-state index is 9.21. The molecule has 108 valence electrons. The molecule has 3 aromatic rings. The molecule has 3 rings (SSSR count). The van der Waals surface area contributed by atoms with E-state index in [-0.39, 0.29) is 0 Å². The summed E-state index contributed by atoms with van der Waals surface area (Å²) in [6, 6.07) is 26.6. The van der Waals surface area contributed by atoms with Crippen LogP contribution in [0.15, 0.2) is 84.0 Å². The molecule has 0 radical (unpaired) electrons. The number of rotatable bonds is 3. The molecule has 0 aliphatic rings. The molecule has 1 N–H and O–H groups in total. The summed E-state index contributed by atoms with van der Waals surface area (Å²) in [6.07, 6.45) is 0. The first-order valence-electron chi connectivity index (χ1n) is 7.24. The van der Waals surface area contributed by atoms with Gasteiger partial charge in [-0.2, -0.15) is 0 Å². The van der Waals surface area contributed by atoms with Gasteiger partial charge in [0.25, 0.3) is 0 Å². The van der Waals surface area contributed by atoms with Gasteiger partial charge in [0.05, 0.1) is 5.71 Å². The molecule has 0 spiro atoms. The lowest BCUT2D eigenvalue weighted by Gasteiger charge is -2.15. The molecule has 0 heterocycles. The fraction of sp³-hybridized carbons (Fsp3) is 0.0500. The Hall–Kier alpha value is -2.87. The number of hydrogen-bond donors (Lipinski definition) is 1. The van der Waals surface area contributed by atoms with E-state index in [1.165, 1.54) is 0 Å². The van der Waals surface area contributed by atoms with Crippen LogP contribution in [0.2, 0.25) is 0 Å². The van der Waals surface area contributed by atoms with Crippen molar-refractivity contribution in [1.29, 1.82) is 0 Å².